The van der Waals surface area contributed by atoms with Gasteiger partial charge in [-0.2, -0.15) is 13.2 Å². The quantitative estimate of drug-likeness (QED) is 0.774. The molecule has 1 rings (SSSR count). The number of benzene rings is 1. The van der Waals surface area contributed by atoms with E-state index in [2.05, 4.69) is 5.32 Å². The third kappa shape index (κ3) is 4.29. The molecule has 0 aliphatic rings. The van der Waals surface area contributed by atoms with Crippen LogP contribution in [0.2, 0.25) is 0 Å². The van der Waals surface area contributed by atoms with Gasteiger partial charge in [0, 0.05) is 6.54 Å². The Balaban J connectivity index is 2.54. The van der Waals surface area contributed by atoms with Crippen LogP contribution in [0.5, 0.6) is 0 Å². The van der Waals surface area contributed by atoms with Gasteiger partial charge in [0.15, 0.2) is 0 Å². The van der Waals surface area contributed by atoms with Crippen molar-refractivity contribution in [2.24, 2.45) is 0 Å². The van der Waals surface area contributed by atoms with E-state index in [9.17, 15) is 17.6 Å². The van der Waals surface area contributed by atoms with Crippen LogP contribution >= 0.6 is 0 Å². The summed E-state index contributed by atoms with van der Waals surface area (Å²) >= 11 is 0. The van der Waals surface area contributed by atoms with Crippen LogP contribution in [0.3, 0.4) is 0 Å². The number of halogens is 4. The van der Waals surface area contributed by atoms with Crippen LogP contribution < -0.4 is 5.32 Å². The molecule has 0 saturated carbocycles. The molecule has 0 heterocycles. The third-order valence-corrected chi connectivity index (χ3v) is 1.95. The van der Waals surface area contributed by atoms with E-state index in [0.717, 1.165) is 5.56 Å². The molecule has 0 unspecified atom stereocenters. The molecule has 1 N–H and O–H groups in total. The van der Waals surface area contributed by atoms with Gasteiger partial charge in [0.05, 0.1) is 6.54 Å². The summed E-state index contributed by atoms with van der Waals surface area (Å²) in [4.78, 5) is 0. The molecule has 15 heavy (non-hydrogen) atoms. The number of aryl methyl sites for hydroxylation is 1. The average Bonchev–Trinajstić information content (AvgIpc) is 2.09. The summed E-state index contributed by atoms with van der Waals surface area (Å²) in [6, 6.07) is 4.06. The maximum atomic E-state index is 12.8. The number of rotatable bonds is 3. The highest BCUT2D eigenvalue weighted by atomic mass is 19.4. The minimum atomic E-state index is -4.23. The van der Waals surface area contributed by atoms with E-state index < -0.39 is 18.5 Å². The van der Waals surface area contributed by atoms with E-state index in [1.54, 1.807) is 13.0 Å². The Hall–Kier alpha value is -1.10. The van der Waals surface area contributed by atoms with E-state index in [1.165, 1.54) is 12.1 Å². The summed E-state index contributed by atoms with van der Waals surface area (Å²) in [5.74, 6) is -0.440. The minimum Gasteiger partial charge on any atom is -0.305 e. The van der Waals surface area contributed by atoms with E-state index in [4.69, 9.17) is 0 Å². The average molecular weight is 221 g/mol. The summed E-state index contributed by atoms with van der Waals surface area (Å²) in [6.45, 7) is 0.677. The number of hydrogen-bond donors (Lipinski definition) is 1. The van der Waals surface area contributed by atoms with Gasteiger partial charge in [-0.25, -0.2) is 4.39 Å². The molecule has 0 radical (unpaired) electrons. The molecule has 0 saturated heterocycles. The van der Waals surface area contributed by atoms with Crippen LogP contribution in [-0.2, 0) is 6.54 Å². The lowest BCUT2D eigenvalue weighted by Gasteiger charge is -2.09. The van der Waals surface area contributed by atoms with Crippen LogP contribution in [-0.4, -0.2) is 12.7 Å². The van der Waals surface area contributed by atoms with E-state index in [0.29, 0.717) is 5.56 Å². The number of hydrogen-bond acceptors (Lipinski definition) is 1. The van der Waals surface area contributed by atoms with Gasteiger partial charge in [-0.3, -0.25) is 0 Å². The first-order chi connectivity index (χ1) is 6.88. The van der Waals surface area contributed by atoms with Gasteiger partial charge in [-0.05, 0) is 30.2 Å². The summed E-state index contributed by atoms with van der Waals surface area (Å²) in [6.07, 6.45) is -4.23. The van der Waals surface area contributed by atoms with Gasteiger partial charge < -0.3 is 5.32 Å². The van der Waals surface area contributed by atoms with Gasteiger partial charge in [0.25, 0.3) is 0 Å². The van der Waals surface area contributed by atoms with Crippen molar-refractivity contribution < 1.29 is 17.6 Å². The Morgan fingerprint density at radius 2 is 1.93 bits per heavy atom. The molecule has 1 aromatic rings. The molecule has 0 aliphatic heterocycles. The molecule has 84 valence electrons. The Morgan fingerprint density at radius 3 is 2.53 bits per heavy atom. The third-order valence-electron chi connectivity index (χ3n) is 1.95. The maximum absolute atomic E-state index is 12.8. The van der Waals surface area contributed by atoms with Gasteiger partial charge >= 0.3 is 6.18 Å². The Labute approximate surface area is 85.1 Å². The summed E-state index contributed by atoms with van der Waals surface area (Å²) < 4.78 is 48.2. The van der Waals surface area contributed by atoms with Crippen molar-refractivity contribution in [1.29, 1.82) is 0 Å². The standard InChI is InChI=1S/C10H11F4N/c1-7-2-3-9(11)4-8(7)5-15-6-10(12,13)14/h2-4,15H,5-6H2,1H3. The predicted octanol–water partition coefficient (Wildman–Crippen LogP) is 2.79. The Kier molecular flexibility index (Phi) is 3.68. The first-order valence-corrected chi connectivity index (χ1v) is 4.41. The van der Waals surface area contributed by atoms with Crippen molar-refractivity contribution in [3.05, 3.63) is 35.1 Å². The maximum Gasteiger partial charge on any atom is 0.401 e. The first kappa shape index (κ1) is 12.0. The lowest BCUT2D eigenvalue weighted by atomic mass is 10.1. The fourth-order valence-electron chi connectivity index (χ4n) is 1.17. The summed E-state index contributed by atoms with van der Waals surface area (Å²) in [5.41, 5.74) is 1.31. The number of alkyl halides is 3. The van der Waals surface area contributed by atoms with Crippen LogP contribution in [0.25, 0.3) is 0 Å². The zero-order valence-corrected chi connectivity index (χ0v) is 8.16. The fourth-order valence-corrected chi connectivity index (χ4v) is 1.17. The van der Waals surface area contributed by atoms with E-state index in [1.807, 2.05) is 0 Å². The summed E-state index contributed by atoms with van der Waals surface area (Å²) in [7, 11) is 0. The van der Waals surface area contributed by atoms with E-state index in [-0.39, 0.29) is 6.54 Å². The molecule has 5 heteroatoms. The second kappa shape index (κ2) is 4.61. The van der Waals surface area contributed by atoms with Crippen LogP contribution in [0, 0.1) is 12.7 Å². The highest BCUT2D eigenvalue weighted by molar-refractivity contribution is 5.26. The van der Waals surface area contributed by atoms with Crippen molar-refractivity contribution in [1.82, 2.24) is 5.32 Å². The molecule has 0 atom stereocenters. The molecule has 0 spiro atoms. The second-order valence-corrected chi connectivity index (χ2v) is 3.29. The van der Waals surface area contributed by atoms with E-state index >= 15 is 0 Å². The molecule has 0 amide bonds. The minimum absolute atomic E-state index is 0.0170. The van der Waals surface area contributed by atoms with Crippen LogP contribution in [0.1, 0.15) is 11.1 Å². The SMILES string of the molecule is Cc1ccc(F)cc1CNCC(F)(F)F. The Bertz CT molecular complexity index is 333. The lowest BCUT2D eigenvalue weighted by Crippen LogP contribution is -2.28. The highest BCUT2D eigenvalue weighted by Crippen LogP contribution is 2.14. The lowest BCUT2D eigenvalue weighted by molar-refractivity contribution is -0.125. The van der Waals surface area contributed by atoms with Gasteiger partial charge in [-0.1, -0.05) is 6.07 Å². The van der Waals surface area contributed by atoms with Crippen molar-refractivity contribution in [3.8, 4) is 0 Å². The molecule has 0 bridgehead atoms. The van der Waals surface area contributed by atoms with Crippen molar-refractivity contribution in [3.63, 3.8) is 0 Å². The van der Waals surface area contributed by atoms with Crippen molar-refractivity contribution in [2.45, 2.75) is 19.6 Å². The molecule has 1 aromatic carbocycles. The highest BCUT2D eigenvalue weighted by Gasteiger charge is 2.26. The van der Waals surface area contributed by atoms with Gasteiger partial charge in [-0.15, -0.1) is 0 Å². The van der Waals surface area contributed by atoms with Crippen molar-refractivity contribution in [2.75, 3.05) is 6.54 Å². The Morgan fingerprint density at radius 1 is 1.27 bits per heavy atom. The van der Waals surface area contributed by atoms with Crippen LogP contribution in [0.4, 0.5) is 17.6 Å². The zero-order chi connectivity index (χ0) is 11.5. The zero-order valence-electron chi connectivity index (χ0n) is 8.16. The molecule has 1 nitrogen and oxygen atoms in total. The van der Waals surface area contributed by atoms with Crippen LogP contribution in [0.15, 0.2) is 18.2 Å². The van der Waals surface area contributed by atoms with Gasteiger partial charge in [0.1, 0.15) is 5.82 Å². The molecular weight excluding hydrogens is 210 g/mol. The fraction of sp³-hybridized carbons (Fsp3) is 0.400. The van der Waals surface area contributed by atoms with Gasteiger partial charge in [0.2, 0.25) is 0 Å². The number of nitrogens with one attached hydrogen (secondary N) is 1. The molecule has 0 fully saturated rings. The molecule has 0 aliphatic carbocycles. The predicted molar refractivity (Wildman–Crippen MR) is 48.9 cm³/mol. The second-order valence-electron chi connectivity index (χ2n) is 3.29. The normalized spacial score (nSPS) is 11.8. The summed E-state index contributed by atoms with van der Waals surface area (Å²) in [5, 5.41) is 2.22. The smallest absolute Gasteiger partial charge is 0.305 e. The molecule has 0 aromatic heterocycles. The first-order valence-electron chi connectivity index (χ1n) is 4.41. The monoisotopic (exact) mass is 221 g/mol. The van der Waals surface area contributed by atoms with Crippen molar-refractivity contribution >= 4 is 0 Å². The largest absolute Gasteiger partial charge is 0.401 e. The topological polar surface area (TPSA) is 12.0 Å². The molecular formula is C10H11F4N.